The Morgan fingerprint density at radius 3 is 2.56 bits per heavy atom. The number of Topliss-reactive ketones (excluding diaryl/α,β-unsaturated/α-hetero) is 1. The van der Waals surface area contributed by atoms with Gasteiger partial charge in [0.1, 0.15) is 11.4 Å². The molecule has 2 amide bonds. The summed E-state index contributed by atoms with van der Waals surface area (Å²) >= 11 is 6.11. The van der Waals surface area contributed by atoms with Gasteiger partial charge in [-0.1, -0.05) is 23.7 Å². The molecule has 0 saturated heterocycles. The third-order valence-electron chi connectivity index (χ3n) is 4.66. The van der Waals surface area contributed by atoms with Gasteiger partial charge in [0.15, 0.2) is 5.78 Å². The highest BCUT2D eigenvalue weighted by molar-refractivity contribution is 6.32. The number of carbonyl (C=O) groups is 3. The number of hydrogen-bond donors (Lipinski definition) is 2. The zero-order chi connectivity index (χ0) is 23.5. The van der Waals surface area contributed by atoms with Crippen LogP contribution in [0.25, 0.3) is 0 Å². The first-order chi connectivity index (χ1) is 15.0. The number of anilines is 2. The third-order valence-corrected chi connectivity index (χ3v) is 4.88. The number of nitrogens with two attached hydrogens (primary N) is 1. The molecule has 0 aliphatic carbocycles. The molecular formula is C23H25ClN4O4. The van der Waals surface area contributed by atoms with Crippen LogP contribution in [0.15, 0.2) is 48.2 Å². The first kappa shape index (κ1) is 23.3. The summed E-state index contributed by atoms with van der Waals surface area (Å²) in [7, 11) is 0. The molecular weight excluding hydrogens is 432 g/mol. The number of nitrogens with zero attached hydrogens (tertiary/aromatic N) is 2. The molecule has 0 radical (unpaired) electrons. The molecule has 1 aromatic carbocycles. The fraction of sp³-hybridized carbons (Fsp3) is 0.304. The van der Waals surface area contributed by atoms with E-state index in [9.17, 15) is 14.4 Å². The summed E-state index contributed by atoms with van der Waals surface area (Å²) in [6.45, 7) is 5.91. The van der Waals surface area contributed by atoms with Crippen molar-refractivity contribution < 1.29 is 19.1 Å². The number of aromatic nitrogens is 1. The van der Waals surface area contributed by atoms with Crippen LogP contribution >= 0.6 is 11.6 Å². The van der Waals surface area contributed by atoms with Gasteiger partial charge in [0.05, 0.1) is 11.1 Å². The molecule has 9 heteroatoms. The molecule has 1 aromatic heterocycles. The molecule has 1 aliphatic heterocycles. The lowest BCUT2D eigenvalue weighted by atomic mass is 9.93. The predicted octanol–water partition coefficient (Wildman–Crippen LogP) is 4.32. The second kappa shape index (κ2) is 9.40. The van der Waals surface area contributed by atoms with Crippen molar-refractivity contribution in [1.29, 1.82) is 0 Å². The number of carbonyl (C=O) groups excluding carboxylic acids is 3. The van der Waals surface area contributed by atoms with Crippen molar-refractivity contribution in [2.75, 3.05) is 24.1 Å². The minimum Gasteiger partial charge on any atom is -0.444 e. The lowest BCUT2D eigenvalue weighted by Crippen LogP contribution is -2.39. The summed E-state index contributed by atoms with van der Waals surface area (Å²) in [4.78, 5) is 44.0. The minimum atomic E-state index is -0.607. The maximum atomic E-state index is 13.3. The number of benzene rings is 1. The van der Waals surface area contributed by atoms with Crippen LogP contribution in [0.3, 0.4) is 0 Å². The highest BCUT2D eigenvalue weighted by Gasteiger charge is 2.28. The van der Waals surface area contributed by atoms with E-state index in [1.54, 1.807) is 45.0 Å². The summed E-state index contributed by atoms with van der Waals surface area (Å²) in [5.41, 5.74) is 6.18. The molecule has 168 valence electrons. The molecule has 0 fully saturated rings. The van der Waals surface area contributed by atoms with Crippen molar-refractivity contribution in [3.05, 3.63) is 64.3 Å². The minimum absolute atomic E-state index is 0.0566. The maximum absolute atomic E-state index is 13.3. The second-order valence-corrected chi connectivity index (χ2v) is 8.76. The predicted molar refractivity (Wildman–Crippen MR) is 123 cm³/mol. The number of hydrogen-bond acceptors (Lipinski definition) is 6. The fourth-order valence-electron chi connectivity index (χ4n) is 3.21. The topological polar surface area (TPSA) is 115 Å². The average molecular weight is 457 g/mol. The van der Waals surface area contributed by atoms with Gasteiger partial charge >= 0.3 is 6.09 Å². The monoisotopic (exact) mass is 456 g/mol. The van der Waals surface area contributed by atoms with Crippen LogP contribution in [0.1, 0.15) is 47.9 Å². The van der Waals surface area contributed by atoms with Gasteiger partial charge in [0.25, 0.3) is 5.91 Å². The van der Waals surface area contributed by atoms with Gasteiger partial charge in [-0.05, 0) is 57.0 Å². The van der Waals surface area contributed by atoms with Crippen LogP contribution in [-0.2, 0) is 4.74 Å². The Morgan fingerprint density at radius 2 is 1.97 bits per heavy atom. The number of ketones is 1. The SMILES string of the molecule is CC(C)(C)OC(=O)N1CC=C(C(=O)c2c(N)cc(Cl)cc2C(=O)Nc2ccccn2)CC1. The average Bonchev–Trinajstić information content (AvgIpc) is 2.72. The van der Waals surface area contributed by atoms with E-state index in [0.717, 1.165) is 0 Å². The third kappa shape index (κ3) is 5.64. The van der Waals surface area contributed by atoms with Crippen molar-refractivity contribution in [3.8, 4) is 0 Å². The summed E-state index contributed by atoms with van der Waals surface area (Å²) in [5.74, 6) is -0.596. The van der Waals surface area contributed by atoms with Gasteiger partial charge in [0, 0.05) is 30.0 Å². The molecule has 1 aliphatic rings. The van der Waals surface area contributed by atoms with Crippen molar-refractivity contribution in [2.45, 2.75) is 32.8 Å². The molecule has 2 heterocycles. The van der Waals surface area contributed by atoms with Crippen molar-refractivity contribution >= 4 is 40.9 Å². The van der Waals surface area contributed by atoms with Gasteiger partial charge in [-0.3, -0.25) is 9.59 Å². The van der Waals surface area contributed by atoms with Crippen LogP contribution in [0.5, 0.6) is 0 Å². The Bertz CT molecular complexity index is 1080. The summed E-state index contributed by atoms with van der Waals surface area (Å²) in [6.07, 6.45) is 3.06. The maximum Gasteiger partial charge on any atom is 0.410 e. The molecule has 32 heavy (non-hydrogen) atoms. The van der Waals surface area contributed by atoms with Gasteiger partial charge in [-0.2, -0.15) is 0 Å². The molecule has 8 nitrogen and oxygen atoms in total. The number of pyridine rings is 1. The number of rotatable bonds is 4. The molecule has 0 saturated carbocycles. The number of nitrogen functional groups attached to an aromatic ring is 1. The lowest BCUT2D eigenvalue weighted by Gasteiger charge is -2.29. The first-order valence-corrected chi connectivity index (χ1v) is 10.5. The zero-order valence-corrected chi connectivity index (χ0v) is 18.9. The van der Waals surface area contributed by atoms with E-state index in [2.05, 4.69) is 10.3 Å². The second-order valence-electron chi connectivity index (χ2n) is 8.32. The summed E-state index contributed by atoms with van der Waals surface area (Å²) < 4.78 is 5.38. The normalized spacial score (nSPS) is 13.9. The van der Waals surface area contributed by atoms with Gasteiger partial charge in [-0.25, -0.2) is 9.78 Å². The smallest absolute Gasteiger partial charge is 0.410 e. The Morgan fingerprint density at radius 1 is 1.22 bits per heavy atom. The number of ether oxygens (including phenoxy) is 1. The van der Waals surface area contributed by atoms with Crippen LogP contribution in [0.2, 0.25) is 5.02 Å². The Hall–Kier alpha value is -3.39. The molecule has 0 bridgehead atoms. The van der Waals surface area contributed by atoms with E-state index < -0.39 is 17.6 Å². The van der Waals surface area contributed by atoms with Crippen molar-refractivity contribution in [3.63, 3.8) is 0 Å². The van der Waals surface area contributed by atoms with Gasteiger partial charge in [-0.15, -0.1) is 0 Å². The van der Waals surface area contributed by atoms with E-state index in [1.807, 2.05) is 0 Å². The van der Waals surface area contributed by atoms with Crippen LogP contribution in [0, 0.1) is 0 Å². The lowest BCUT2D eigenvalue weighted by molar-refractivity contribution is 0.0264. The van der Waals surface area contributed by atoms with Crippen LogP contribution < -0.4 is 11.1 Å². The highest BCUT2D eigenvalue weighted by atomic mass is 35.5. The summed E-state index contributed by atoms with van der Waals surface area (Å²) in [6, 6.07) is 7.91. The molecule has 3 rings (SSSR count). The molecule has 0 unspecified atom stereocenters. The van der Waals surface area contributed by atoms with Gasteiger partial charge in [0.2, 0.25) is 0 Å². The molecule has 0 atom stereocenters. The number of amides is 2. The van der Waals surface area contributed by atoms with Crippen molar-refractivity contribution in [1.82, 2.24) is 9.88 Å². The van der Waals surface area contributed by atoms with E-state index in [-0.39, 0.29) is 34.2 Å². The van der Waals surface area contributed by atoms with E-state index in [1.165, 1.54) is 23.2 Å². The molecule has 2 aromatic rings. The van der Waals surface area contributed by atoms with Gasteiger partial charge < -0.3 is 20.7 Å². The van der Waals surface area contributed by atoms with E-state index in [0.29, 0.717) is 24.4 Å². The molecule has 3 N–H and O–H groups in total. The standard InChI is InChI=1S/C23H25ClN4O4/c1-23(2,3)32-22(31)28-10-7-14(8-11-28)20(29)19-16(12-15(24)13-17(19)25)21(30)27-18-6-4-5-9-26-18/h4-7,9,12-13H,8,10-11,25H2,1-3H3,(H,26,27,30). The number of halogens is 1. The van der Waals surface area contributed by atoms with E-state index >= 15 is 0 Å². The highest BCUT2D eigenvalue weighted by Crippen LogP contribution is 2.28. The quantitative estimate of drug-likeness (QED) is 0.523. The largest absolute Gasteiger partial charge is 0.444 e. The van der Waals surface area contributed by atoms with Crippen LogP contribution in [-0.4, -0.2) is 46.4 Å². The first-order valence-electron chi connectivity index (χ1n) is 10.1. The van der Waals surface area contributed by atoms with Crippen LogP contribution in [0.4, 0.5) is 16.3 Å². The fourth-order valence-corrected chi connectivity index (χ4v) is 3.44. The Kier molecular flexibility index (Phi) is 6.84. The summed E-state index contributed by atoms with van der Waals surface area (Å²) in [5, 5.41) is 2.88. The number of nitrogens with one attached hydrogen (secondary N) is 1. The molecule has 0 spiro atoms. The zero-order valence-electron chi connectivity index (χ0n) is 18.1. The van der Waals surface area contributed by atoms with Crippen molar-refractivity contribution in [2.24, 2.45) is 0 Å². The van der Waals surface area contributed by atoms with E-state index in [4.69, 9.17) is 22.1 Å². The Balaban J connectivity index is 1.84. The Labute approximate surface area is 191 Å².